The molecule has 1 aromatic heterocycles. The predicted octanol–water partition coefficient (Wildman–Crippen LogP) is 2.52. The number of carbonyl (C=O) groups is 1. The molecule has 0 saturated carbocycles. The molecule has 1 aromatic rings. The Kier molecular flexibility index (Phi) is 5.77. The number of likely N-dealkylation sites (tertiary alicyclic amines) is 1. The van der Waals surface area contributed by atoms with Crippen molar-refractivity contribution in [2.75, 3.05) is 13.1 Å². The number of pyridine rings is 1. The Morgan fingerprint density at radius 1 is 1.32 bits per heavy atom. The fourth-order valence-electron chi connectivity index (χ4n) is 3.37. The van der Waals surface area contributed by atoms with Gasteiger partial charge in [0.05, 0.1) is 6.04 Å². The van der Waals surface area contributed by atoms with Gasteiger partial charge in [-0.05, 0) is 37.1 Å². The number of nitrogens with one attached hydrogen (secondary N) is 1. The summed E-state index contributed by atoms with van der Waals surface area (Å²) in [4.78, 5) is 19.0. The van der Waals surface area contributed by atoms with Crippen LogP contribution in [0, 0.1) is 12.3 Å². The Balaban J connectivity index is 1.48. The van der Waals surface area contributed by atoms with Crippen LogP contribution in [0.3, 0.4) is 0 Å². The van der Waals surface area contributed by atoms with Gasteiger partial charge in [0.15, 0.2) is 5.66 Å². The minimum Gasteiger partial charge on any atom is -0.355 e. The summed E-state index contributed by atoms with van der Waals surface area (Å²) in [6.45, 7) is 2.34. The molecule has 6 nitrogen and oxygen atoms in total. The number of nitrogens with zero attached hydrogens (tertiary/aromatic N) is 4. The molecular formula is C19H25N5O. The molecule has 1 atom stereocenters. The number of piperidine rings is 1. The molecule has 6 heteroatoms. The van der Waals surface area contributed by atoms with Crippen LogP contribution in [0.15, 0.2) is 34.8 Å². The summed E-state index contributed by atoms with van der Waals surface area (Å²) in [6.07, 6.45) is 14.2. The third-order valence-electron chi connectivity index (χ3n) is 4.93. The standard InChI is InChI=1S/C19H25N5O/c1-2-3-9-19(22-23-19)10-13-21-18(25)17-6-4-5-14-24(17)15-16-7-11-20-12-8-16/h1,7-8,11-12,17H,3-6,9-10,13-15H2,(H,21,25). The van der Waals surface area contributed by atoms with Gasteiger partial charge in [-0.1, -0.05) is 6.42 Å². The number of hydrogen-bond donors (Lipinski definition) is 1. The third kappa shape index (κ3) is 4.86. The van der Waals surface area contributed by atoms with Gasteiger partial charge in [0.25, 0.3) is 0 Å². The van der Waals surface area contributed by atoms with Gasteiger partial charge < -0.3 is 5.32 Å². The maximum absolute atomic E-state index is 12.7. The first kappa shape index (κ1) is 17.6. The molecule has 3 heterocycles. The van der Waals surface area contributed by atoms with E-state index >= 15 is 0 Å². The average molecular weight is 339 g/mol. The van der Waals surface area contributed by atoms with Gasteiger partial charge in [-0.3, -0.25) is 14.7 Å². The van der Waals surface area contributed by atoms with E-state index in [1.54, 1.807) is 12.4 Å². The van der Waals surface area contributed by atoms with Crippen molar-refractivity contribution < 1.29 is 4.79 Å². The highest BCUT2D eigenvalue weighted by atomic mass is 16.2. The molecule has 1 amide bonds. The van der Waals surface area contributed by atoms with E-state index in [1.807, 2.05) is 12.1 Å². The summed E-state index contributed by atoms with van der Waals surface area (Å²) in [7, 11) is 0. The van der Waals surface area contributed by atoms with E-state index in [2.05, 4.69) is 31.3 Å². The lowest BCUT2D eigenvalue weighted by molar-refractivity contribution is -0.127. The van der Waals surface area contributed by atoms with Crippen LogP contribution < -0.4 is 5.32 Å². The van der Waals surface area contributed by atoms with E-state index in [0.717, 1.165) is 45.2 Å². The fraction of sp³-hybridized carbons (Fsp3) is 0.579. The first-order valence-electron chi connectivity index (χ1n) is 9.01. The second-order valence-electron chi connectivity index (χ2n) is 6.77. The lowest BCUT2D eigenvalue weighted by atomic mass is 10.00. The van der Waals surface area contributed by atoms with Gasteiger partial charge in [-0.15, -0.1) is 12.3 Å². The summed E-state index contributed by atoms with van der Waals surface area (Å²) in [6, 6.07) is 3.96. The molecule has 1 N–H and O–H groups in total. The van der Waals surface area contributed by atoms with Crippen molar-refractivity contribution in [3.8, 4) is 12.3 Å². The average Bonchev–Trinajstić information content (AvgIpc) is 3.41. The topological polar surface area (TPSA) is 70.0 Å². The van der Waals surface area contributed by atoms with Crippen molar-refractivity contribution in [3.05, 3.63) is 30.1 Å². The number of aromatic nitrogens is 1. The fourth-order valence-corrected chi connectivity index (χ4v) is 3.37. The Morgan fingerprint density at radius 3 is 2.84 bits per heavy atom. The van der Waals surface area contributed by atoms with E-state index < -0.39 is 0 Å². The zero-order valence-electron chi connectivity index (χ0n) is 14.5. The van der Waals surface area contributed by atoms with Crippen LogP contribution in [0.25, 0.3) is 0 Å². The Bertz CT molecular complexity index is 646. The van der Waals surface area contributed by atoms with Crippen LogP contribution in [0.4, 0.5) is 0 Å². The number of carbonyl (C=O) groups excluding carboxylic acids is 1. The Morgan fingerprint density at radius 2 is 2.12 bits per heavy atom. The third-order valence-corrected chi connectivity index (χ3v) is 4.93. The molecule has 25 heavy (non-hydrogen) atoms. The molecule has 0 radical (unpaired) electrons. The van der Waals surface area contributed by atoms with Crippen molar-refractivity contribution in [3.63, 3.8) is 0 Å². The van der Waals surface area contributed by atoms with E-state index in [0.29, 0.717) is 13.0 Å². The van der Waals surface area contributed by atoms with E-state index in [9.17, 15) is 4.79 Å². The second kappa shape index (κ2) is 8.21. The monoisotopic (exact) mass is 339 g/mol. The molecule has 1 unspecified atom stereocenters. The molecule has 0 spiro atoms. The van der Waals surface area contributed by atoms with Crippen molar-refractivity contribution >= 4 is 5.91 Å². The van der Waals surface area contributed by atoms with Gasteiger partial charge in [0.2, 0.25) is 5.91 Å². The van der Waals surface area contributed by atoms with Crippen molar-refractivity contribution in [2.24, 2.45) is 10.2 Å². The number of rotatable bonds is 8. The maximum atomic E-state index is 12.7. The highest BCUT2D eigenvalue weighted by Gasteiger charge is 2.39. The summed E-state index contributed by atoms with van der Waals surface area (Å²) < 4.78 is 0. The molecule has 0 bridgehead atoms. The highest BCUT2D eigenvalue weighted by Crippen LogP contribution is 2.36. The molecule has 1 fully saturated rings. The minimum absolute atomic E-state index is 0.0587. The first-order chi connectivity index (χ1) is 12.2. The second-order valence-corrected chi connectivity index (χ2v) is 6.77. The summed E-state index contributed by atoms with van der Waals surface area (Å²) >= 11 is 0. The molecular weight excluding hydrogens is 314 g/mol. The molecule has 3 rings (SSSR count). The minimum atomic E-state index is -0.330. The highest BCUT2D eigenvalue weighted by molar-refractivity contribution is 5.81. The van der Waals surface area contributed by atoms with Crippen molar-refractivity contribution in [1.82, 2.24) is 15.2 Å². The number of amides is 1. The van der Waals surface area contributed by atoms with E-state index in [4.69, 9.17) is 6.42 Å². The largest absolute Gasteiger partial charge is 0.355 e. The van der Waals surface area contributed by atoms with E-state index in [1.165, 1.54) is 5.56 Å². The molecule has 2 aliphatic rings. The van der Waals surface area contributed by atoms with Gasteiger partial charge in [-0.25, -0.2) is 0 Å². The predicted molar refractivity (Wildman–Crippen MR) is 95.6 cm³/mol. The van der Waals surface area contributed by atoms with Gasteiger partial charge in [-0.2, -0.15) is 10.2 Å². The zero-order chi connectivity index (χ0) is 17.5. The quantitative estimate of drug-likeness (QED) is 0.740. The Labute approximate surface area is 149 Å². The van der Waals surface area contributed by atoms with Crippen LogP contribution in [0.1, 0.15) is 44.1 Å². The van der Waals surface area contributed by atoms with Crippen LogP contribution in [-0.2, 0) is 11.3 Å². The van der Waals surface area contributed by atoms with E-state index in [-0.39, 0.29) is 17.6 Å². The van der Waals surface area contributed by atoms with Crippen LogP contribution in [0.5, 0.6) is 0 Å². The van der Waals surface area contributed by atoms with Crippen molar-refractivity contribution in [1.29, 1.82) is 0 Å². The summed E-state index contributed by atoms with van der Waals surface area (Å²) in [5.74, 6) is 2.74. The lowest BCUT2D eigenvalue weighted by Gasteiger charge is -2.34. The zero-order valence-corrected chi connectivity index (χ0v) is 14.5. The van der Waals surface area contributed by atoms with Crippen molar-refractivity contribution in [2.45, 2.75) is 56.8 Å². The van der Waals surface area contributed by atoms with Gasteiger partial charge in [0, 0.05) is 44.7 Å². The van der Waals surface area contributed by atoms with Crippen LogP contribution >= 0.6 is 0 Å². The summed E-state index contributed by atoms with van der Waals surface area (Å²) in [5.41, 5.74) is 0.863. The SMILES string of the molecule is C#CCCC1(CCNC(=O)C2CCCCN2Cc2ccncc2)N=N1. The number of hydrogen-bond acceptors (Lipinski definition) is 5. The molecule has 132 valence electrons. The Hall–Kier alpha value is -2.26. The molecule has 1 saturated heterocycles. The smallest absolute Gasteiger partial charge is 0.237 e. The van der Waals surface area contributed by atoms with Crippen LogP contribution in [0.2, 0.25) is 0 Å². The molecule has 0 aromatic carbocycles. The van der Waals surface area contributed by atoms with Gasteiger partial charge >= 0.3 is 0 Å². The lowest BCUT2D eigenvalue weighted by Crippen LogP contribution is -2.49. The molecule has 2 aliphatic heterocycles. The number of terminal acetylenes is 1. The molecule has 0 aliphatic carbocycles. The van der Waals surface area contributed by atoms with Gasteiger partial charge in [0.1, 0.15) is 0 Å². The first-order valence-corrected chi connectivity index (χ1v) is 9.01. The maximum Gasteiger partial charge on any atom is 0.237 e. The summed E-state index contributed by atoms with van der Waals surface area (Å²) in [5, 5.41) is 11.3. The van der Waals surface area contributed by atoms with Crippen LogP contribution in [-0.4, -0.2) is 40.6 Å². The normalized spacial score (nSPS) is 21.5.